The molecule has 0 radical (unpaired) electrons. The maximum Gasteiger partial charge on any atom is 0.306 e. The van der Waals surface area contributed by atoms with E-state index in [1.54, 1.807) is 0 Å². The smallest absolute Gasteiger partial charge is 0.306 e. The fourth-order valence-electron chi connectivity index (χ4n) is 8.66. The number of quaternary nitrogens is 1. The van der Waals surface area contributed by atoms with Crippen molar-refractivity contribution in [2.45, 2.75) is 290 Å². The van der Waals surface area contributed by atoms with Crippen LogP contribution in [0.15, 0.2) is 60.8 Å². The molecule has 3 unspecified atom stereocenters. The Labute approximate surface area is 451 Å². The van der Waals surface area contributed by atoms with Crippen molar-refractivity contribution in [3.05, 3.63) is 60.8 Å². The normalized spacial score (nSPS) is 14.1. The molecule has 426 valence electrons. The summed E-state index contributed by atoms with van der Waals surface area (Å²) in [6.07, 6.45) is 66.0. The number of nitrogens with zero attached hydrogens (tertiary/aromatic N) is 1. The molecule has 0 aromatic heterocycles. The number of likely N-dealkylation sites (N-methyl/N-ethyl adjacent to an activating group) is 1. The van der Waals surface area contributed by atoms with Crippen molar-refractivity contribution in [2.75, 3.05) is 40.9 Å². The molecule has 0 aliphatic heterocycles. The molecule has 0 aromatic rings. The van der Waals surface area contributed by atoms with Crippen LogP contribution in [0.1, 0.15) is 278 Å². The summed E-state index contributed by atoms with van der Waals surface area (Å²) < 4.78 is 30.3. The molecule has 0 aliphatic rings. The molecule has 0 bridgehead atoms. The second kappa shape index (κ2) is 53.1. The van der Waals surface area contributed by atoms with Gasteiger partial charge < -0.3 is 28.5 Å². The number of unbranched alkanes of at least 4 members (excludes halogenated alkanes) is 32. The minimum Gasteiger partial charge on any atom is -0.756 e. The fraction of sp³-hybridized carbons (Fsp3) is 0.810. The highest BCUT2D eigenvalue weighted by Crippen LogP contribution is 2.38. The summed E-state index contributed by atoms with van der Waals surface area (Å²) in [5, 5.41) is 3.02. The van der Waals surface area contributed by atoms with Crippen LogP contribution in [0.25, 0.3) is 0 Å². The van der Waals surface area contributed by atoms with Crippen molar-refractivity contribution in [3.8, 4) is 0 Å². The lowest BCUT2D eigenvalue weighted by molar-refractivity contribution is -0.870. The molecule has 0 heterocycles. The topological polar surface area (TPSA) is 114 Å². The molecule has 0 saturated heterocycles. The third-order valence-corrected chi connectivity index (χ3v) is 14.4. The second-order valence-corrected chi connectivity index (χ2v) is 23.3. The van der Waals surface area contributed by atoms with Gasteiger partial charge >= 0.3 is 5.97 Å². The number of phosphoric acid groups is 1. The van der Waals surface area contributed by atoms with Gasteiger partial charge in [-0.25, -0.2) is 0 Å². The number of carbonyl (C=O) groups excluding carboxylic acids is 2. The third kappa shape index (κ3) is 54.3. The number of amides is 1. The van der Waals surface area contributed by atoms with E-state index < -0.39 is 26.6 Å². The highest BCUT2D eigenvalue weighted by Gasteiger charge is 2.27. The zero-order valence-corrected chi connectivity index (χ0v) is 49.5. The Bertz CT molecular complexity index is 1440. The van der Waals surface area contributed by atoms with Crippen LogP contribution >= 0.6 is 7.82 Å². The van der Waals surface area contributed by atoms with Gasteiger partial charge in [0.2, 0.25) is 5.91 Å². The van der Waals surface area contributed by atoms with Gasteiger partial charge in [-0.3, -0.25) is 14.2 Å². The van der Waals surface area contributed by atoms with Crippen molar-refractivity contribution in [2.24, 2.45) is 0 Å². The number of carbonyl (C=O) groups is 2. The van der Waals surface area contributed by atoms with Crippen molar-refractivity contribution < 1.29 is 37.3 Å². The maximum absolute atomic E-state index is 13.5. The number of allylic oxidation sites excluding steroid dienone is 9. The van der Waals surface area contributed by atoms with Crippen molar-refractivity contribution in [3.63, 3.8) is 0 Å². The van der Waals surface area contributed by atoms with Gasteiger partial charge in [-0.05, 0) is 89.5 Å². The average molecular weight is 1050 g/mol. The standard InChI is InChI=1S/C63H117N2O7P/c1-7-10-13-16-19-22-25-28-30-31-32-33-35-38-41-44-47-50-53-56-63(67)72-61(54-51-48-45-42-39-36-27-24-21-18-15-12-9-3)60(59-71-73(68,69)70-58-57-65(4,5)6)64-62(66)55-52-49-46-43-40-37-34-29-26-23-20-17-14-11-8-2/h19-20,22-23,26,28-30,51,54,60-61H,7-18,21,24-25,27,31-50,52-53,55-59H2,1-6H3,(H-,64,66,68,69)/b22-19-,23-20+,29-26+,30-28-,54-51+. The molecule has 0 rings (SSSR count). The summed E-state index contributed by atoms with van der Waals surface area (Å²) in [5.41, 5.74) is 0. The lowest BCUT2D eigenvalue weighted by atomic mass is 10.0. The van der Waals surface area contributed by atoms with Crippen LogP contribution in [-0.2, 0) is 27.9 Å². The Balaban J connectivity index is 5.32. The van der Waals surface area contributed by atoms with Crippen LogP contribution < -0.4 is 10.2 Å². The maximum atomic E-state index is 13.5. The van der Waals surface area contributed by atoms with E-state index in [1.807, 2.05) is 33.3 Å². The lowest BCUT2D eigenvalue weighted by Crippen LogP contribution is -2.47. The van der Waals surface area contributed by atoms with E-state index in [0.29, 0.717) is 17.4 Å². The van der Waals surface area contributed by atoms with Crippen LogP contribution in [0.2, 0.25) is 0 Å². The van der Waals surface area contributed by atoms with Crippen molar-refractivity contribution >= 4 is 19.7 Å². The zero-order valence-electron chi connectivity index (χ0n) is 48.6. The van der Waals surface area contributed by atoms with E-state index >= 15 is 0 Å². The van der Waals surface area contributed by atoms with Crippen LogP contribution in [0.4, 0.5) is 0 Å². The summed E-state index contributed by atoms with van der Waals surface area (Å²) in [6.45, 7) is 6.79. The minimum atomic E-state index is -4.70. The lowest BCUT2D eigenvalue weighted by Gasteiger charge is -2.30. The first-order valence-corrected chi connectivity index (χ1v) is 32.1. The molecule has 0 fully saturated rings. The SMILES string of the molecule is CCCCC/C=C\C/C=C\CCCCCCCCCCCC(=O)OC(/C=C/CCCCCCCCCCCCC)C(COP(=O)([O-])OCC[N+](C)(C)C)NC(=O)CCCCCCCC/C=C/C=C/CCCCC. The molecular formula is C63H117N2O7P. The van der Waals surface area contributed by atoms with Gasteiger partial charge in [0.15, 0.2) is 0 Å². The molecule has 0 spiro atoms. The third-order valence-electron chi connectivity index (χ3n) is 13.4. The van der Waals surface area contributed by atoms with Gasteiger partial charge in [-0.1, -0.05) is 236 Å². The number of hydrogen-bond acceptors (Lipinski definition) is 7. The molecule has 10 heteroatoms. The Morgan fingerprint density at radius 1 is 0.493 bits per heavy atom. The number of nitrogens with one attached hydrogen (secondary N) is 1. The summed E-state index contributed by atoms with van der Waals surface area (Å²) in [4.78, 5) is 40.0. The molecule has 1 N–H and O–H groups in total. The Morgan fingerprint density at radius 2 is 0.877 bits per heavy atom. The molecule has 3 atom stereocenters. The van der Waals surface area contributed by atoms with Gasteiger partial charge in [-0.2, -0.15) is 0 Å². The van der Waals surface area contributed by atoms with E-state index in [2.05, 4.69) is 74.7 Å². The summed E-state index contributed by atoms with van der Waals surface area (Å²) in [7, 11) is 1.17. The Kier molecular flexibility index (Phi) is 51.5. The molecular weight excluding hydrogens is 928 g/mol. The van der Waals surface area contributed by atoms with Gasteiger partial charge in [0.05, 0.1) is 33.8 Å². The van der Waals surface area contributed by atoms with E-state index in [1.165, 1.54) is 135 Å². The number of rotatable bonds is 55. The van der Waals surface area contributed by atoms with Gasteiger partial charge in [0.25, 0.3) is 7.82 Å². The number of phosphoric ester groups is 1. The molecule has 0 saturated carbocycles. The Morgan fingerprint density at radius 3 is 1.34 bits per heavy atom. The highest BCUT2D eigenvalue weighted by atomic mass is 31.2. The predicted octanol–water partition coefficient (Wildman–Crippen LogP) is 18.0. The average Bonchev–Trinajstić information content (AvgIpc) is 3.35. The van der Waals surface area contributed by atoms with Gasteiger partial charge in [0, 0.05) is 12.8 Å². The monoisotopic (exact) mass is 1040 g/mol. The van der Waals surface area contributed by atoms with E-state index in [0.717, 1.165) is 109 Å². The van der Waals surface area contributed by atoms with Crippen LogP contribution in [0.3, 0.4) is 0 Å². The minimum absolute atomic E-state index is 0.0264. The number of ether oxygens (including phenoxy) is 1. The summed E-state index contributed by atoms with van der Waals surface area (Å²) >= 11 is 0. The first-order valence-electron chi connectivity index (χ1n) is 30.6. The number of esters is 1. The molecule has 0 aliphatic carbocycles. The van der Waals surface area contributed by atoms with Gasteiger partial charge in [-0.15, -0.1) is 0 Å². The van der Waals surface area contributed by atoms with Crippen molar-refractivity contribution in [1.29, 1.82) is 0 Å². The van der Waals surface area contributed by atoms with Crippen LogP contribution in [0, 0.1) is 0 Å². The zero-order chi connectivity index (χ0) is 53.6. The quantitative estimate of drug-likeness (QED) is 0.0161. The Hall–Kier alpha value is -2.29. The molecule has 73 heavy (non-hydrogen) atoms. The second-order valence-electron chi connectivity index (χ2n) is 21.9. The molecule has 0 aromatic carbocycles. The highest BCUT2D eigenvalue weighted by molar-refractivity contribution is 7.45. The van der Waals surface area contributed by atoms with E-state index in [4.69, 9.17) is 13.8 Å². The first kappa shape index (κ1) is 70.7. The van der Waals surface area contributed by atoms with E-state index in [9.17, 15) is 19.0 Å². The fourth-order valence-corrected chi connectivity index (χ4v) is 9.38. The predicted molar refractivity (Wildman–Crippen MR) is 312 cm³/mol. The molecule has 1 amide bonds. The van der Waals surface area contributed by atoms with Crippen LogP contribution in [-0.4, -0.2) is 69.4 Å². The summed E-state index contributed by atoms with van der Waals surface area (Å²) in [5.74, 6) is -0.555. The number of hydrogen-bond donors (Lipinski definition) is 1. The van der Waals surface area contributed by atoms with Crippen molar-refractivity contribution in [1.82, 2.24) is 5.32 Å². The van der Waals surface area contributed by atoms with Gasteiger partial charge in [0.1, 0.15) is 19.3 Å². The first-order chi connectivity index (χ1) is 35.4. The molecule has 9 nitrogen and oxygen atoms in total. The summed E-state index contributed by atoms with van der Waals surface area (Å²) in [6, 6.07) is -0.896. The van der Waals surface area contributed by atoms with Crippen LogP contribution in [0.5, 0.6) is 0 Å². The van der Waals surface area contributed by atoms with E-state index in [-0.39, 0.29) is 24.9 Å². The largest absolute Gasteiger partial charge is 0.756 e.